The average Bonchev–Trinajstić information content (AvgIpc) is 2.13. The van der Waals surface area contributed by atoms with Crippen molar-refractivity contribution in [1.29, 1.82) is 0 Å². The van der Waals surface area contributed by atoms with Gasteiger partial charge < -0.3 is 5.73 Å². The van der Waals surface area contributed by atoms with Gasteiger partial charge in [-0.15, -0.1) is 9.42 Å². The Hall–Kier alpha value is -0.380. The van der Waals surface area contributed by atoms with Crippen LogP contribution < -0.4 is 5.73 Å². The highest BCUT2D eigenvalue weighted by Crippen LogP contribution is 2.23. The van der Waals surface area contributed by atoms with Crippen LogP contribution in [0.4, 0.5) is 5.69 Å². The van der Waals surface area contributed by atoms with Crippen molar-refractivity contribution in [2.75, 3.05) is 12.3 Å². The molecule has 0 aromatic heterocycles. The number of benzene rings is 1. The van der Waals surface area contributed by atoms with Gasteiger partial charge in [0.15, 0.2) is 0 Å². The van der Waals surface area contributed by atoms with Crippen molar-refractivity contribution in [3.05, 3.63) is 28.2 Å². The van der Waals surface area contributed by atoms with Crippen LogP contribution in [0.15, 0.2) is 18.2 Å². The number of nitrogens with two attached hydrogens (primary N) is 1. The molecule has 0 radical (unpaired) electrons. The van der Waals surface area contributed by atoms with Crippen LogP contribution >= 0.6 is 31.5 Å². The quantitative estimate of drug-likeness (QED) is 0.639. The zero-order chi connectivity index (χ0) is 11.8. The smallest absolute Gasteiger partial charge is 0.399 e. The van der Waals surface area contributed by atoms with Gasteiger partial charge in [-0.1, -0.05) is 23.2 Å². The molecule has 0 bridgehead atoms. The molecule has 1 atom stereocenters. The Morgan fingerprint density at radius 3 is 2.33 bits per heavy atom. The molecular formula is C8H11Cl2NO3P+. The topological polar surface area (TPSA) is 72.5 Å². The van der Waals surface area contributed by atoms with Crippen molar-refractivity contribution in [3.63, 3.8) is 0 Å². The molecule has 0 saturated heterocycles. The molecular weight excluding hydrogens is 260 g/mol. The average molecular weight is 271 g/mol. The van der Waals surface area contributed by atoms with Gasteiger partial charge in [0, 0.05) is 10.3 Å². The van der Waals surface area contributed by atoms with Crippen LogP contribution in [0, 0.1) is 0 Å². The Kier molecular flexibility index (Phi) is 7.65. The Morgan fingerprint density at radius 1 is 1.47 bits per heavy atom. The van der Waals surface area contributed by atoms with Crippen LogP contribution in [-0.4, -0.2) is 11.5 Å². The number of nitrogen functional groups attached to an aromatic ring is 1. The van der Waals surface area contributed by atoms with E-state index in [-0.39, 0.29) is 0 Å². The van der Waals surface area contributed by atoms with Crippen molar-refractivity contribution < 1.29 is 14.0 Å². The van der Waals surface area contributed by atoms with Gasteiger partial charge in [-0.2, -0.15) is 0 Å². The molecule has 4 nitrogen and oxygen atoms in total. The van der Waals surface area contributed by atoms with E-state index in [4.69, 9.17) is 33.8 Å². The fraction of sp³-hybridized carbons (Fsp3) is 0.250. The summed E-state index contributed by atoms with van der Waals surface area (Å²) >= 11 is 11.2. The maximum absolute atomic E-state index is 9.53. The van der Waals surface area contributed by atoms with E-state index in [0.29, 0.717) is 22.3 Å². The number of anilines is 1. The summed E-state index contributed by atoms with van der Waals surface area (Å²) in [6.07, 6.45) is 0. The molecule has 0 aliphatic carbocycles. The molecule has 0 fully saturated rings. The van der Waals surface area contributed by atoms with Crippen molar-refractivity contribution >= 4 is 37.1 Å². The molecule has 0 heterocycles. The van der Waals surface area contributed by atoms with Crippen LogP contribution in [0.5, 0.6) is 0 Å². The first-order valence-corrected chi connectivity index (χ1v) is 5.85. The Morgan fingerprint density at radius 2 is 2.07 bits per heavy atom. The first-order chi connectivity index (χ1) is 6.97. The molecule has 0 saturated carbocycles. The first-order valence-electron chi connectivity index (χ1n) is 3.97. The minimum absolute atomic E-state index is 0.297. The van der Waals surface area contributed by atoms with Crippen molar-refractivity contribution in [2.45, 2.75) is 6.92 Å². The second-order valence-electron chi connectivity index (χ2n) is 2.33. The summed E-state index contributed by atoms with van der Waals surface area (Å²) in [5, 5.41) is 1.03. The number of hydrogen-bond donors (Lipinski definition) is 2. The lowest BCUT2D eigenvalue weighted by atomic mass is 10.3. The van der Waals surface area contributed by atoms with Crippen molar-refractivity contribution in [3.8, 4) is 0 Å². The van der Waals surface area contributed by atoms with Crippen LogP contribution in [0.3, 0.4) is 0 Å². The summed E-state index contributed by atoms with van der Waals surface area (Å²) < 4.78 is 13.6. The molecule has 15 heavy (non-hydrogen) atoms. The third-order valence-corrected chi connectivity index (χ3v) is 2.40. The Bertz CT molecular complexity index is 336. The largest absolute Gasteiger partial charge is 0.694 e. The van der Waals surface area contributed by atoms with Gasteiger partial charge in [0.1, 0.15) is 6.61 Å². The fourth-order valence-electron chi connectivity index (χ4n) is 0.623. The normalized spacial score (nSPS) is 10.3. The molecule has 3 N–H and O–H groups in total. The first kappa shape index (κ1) is 14.6. The number of halogens is 2. The zero-order valence-corrected chi connectivity index (χ0v) is 10.4. The summed E-state index contributed by atoms with van der Waals surface area (Å²) in [5.41, 5.74) is 6.01. The van der Waals surface area contributed by atoms with Gasteiger partial charge in [-0.3, -0.25) is 0 Å². The molecule has 1 aromatic carbocycles. The van der Waals surface area contributed by atoms with E-state index < -0.39 is 8.25 Å². The summed E-state index contributed by atoms with van der Waals surface area (Å²) in [5.74, 6) is 0. The lowest BCUT2D eigenvalue weighted by Crippen LogP contribution is -1.82. The molecule has 0 spiro atoms. The van der Waals surface area contributed by atoms with Crippen LogP contribution in [-0.2, 0) is 9.09 Å². The lowest BCUT2D eigenvalue weighted by molar-refractivity contribution is 0.297. The van der Waals surface area contributed by atoms with E-state index >= 15 is 0 Å². The molecule has 0 aliphatic heterocycles. The highest BCUT2D eigenvalue weighted by Gasteiger charge is 2.06. The van der Waals surface area contributed by atoms with E-state index in [0.717, 1.165) is 0 Å². The van der Waals surface area contributed by atoms with Crippen LogP contribution in [0.1, 0.15) is 6.92 Å². The monoisotopic (exact) mass is 270 g/mol. The highest BCUT2D eigenvalue weighted by atomic mass is 35.5. The van der Waals surface area contributed by atoms with Gasteiger partial charge in [0.25, 0.3) is 0 Å². The van der Waals surface area contributed by atoms with E-state index in [1.165, 1.54) is 0 Å². The minimum atomic E-state index is -2.35. The van der Waals surface area contributed by atoms with Gasteiger partial charge in [0.05, 0.1) is 10.0 Å². The lowest BCUT2D eigenvalue weighted by Gasteiger charge is -1.94. The van der Waals surface area contributed by atoms with Gasteiger partial charge in [-0.05, 0) is 25.1 Å². The van der Waals surface area contributed by atoms with E-state index in [1.54, 1.807) is 25.1 Å². The predicted molar refractivity (Wildman–Crippen MR) is 62.3 cm³/mol. The van der Waals surface area contributed by atoms with E-state index in [2.05, 4.69) is 4.52 Å². The molecule has 0 amide bonds. The van der Waals surface area contributed by atoms with Crippen LogP contribution in [0.25, 0.3) is 0 Å². The Balaban J connectivity index is 0.000000288. The maximum atomic E-state index is 9.53. The van der Waals surface area contributed by atoms with Gasteiger partial charge >= 0.3 is 8.25 Å². The third kappa shape index (κ3) is 7.54. The highest BCUT2D eigenvalue weighted by molar-refractivity contribution is 7.32. The number of rotatable bonds is 2. The molecule has 84 valence electrons. The maximum Gasteiger partial charge on any atom is 0.694 e. The van der Waals surface area contributed by atoms with E-state index in [9.17, 15) is 4.57 Å². The second-order valence-corrected chi connectivity index (χ2v) is 3.88. The summed E-state index contributed by atoms with van der Waals surface area (Å²) in [6.45, 7) is 1.95. The number of hydrogen-bond acceptors (Lipinski definition) is 3. The Labute approximate surface area is 98.9 Å². The standard InChI is InChI=1S/C6H5Cl2N.C2H5O3P/c7-5-2-1-4(9)3-6(5)8;1-2-5-6(3)4/h1-3H,9H2;2H2,1H3/p+1. The molecule has 1 unspecified atom stereocenters. The molecule has 1 aromatic rings. The molecule has 1 rings (SSSR count). The van der Waals surface area contributed by atoms with Crippen molar-refractivity contribution in [1.82, 2.24) is 0 Å². The SMILES string of the molecule is CCO[P+](=O)O.Nc1ccc(Cl)c(Cl)c1. The van der Waals surface area contributed by atoms with Crippen LogP contribution in [0.2, 0.25) is 10.0 Å². The van der Waals surface area contributed by atoms with E-state index in [1.807, 2.05) is 0 Å². The second kappa shape index (κ2) is 7.85. The third-order valence-electron chi connectivity index (χ3n) is 1.18. The fourth-order valence-corrected chi connectivity index (χ4v) is 1.15. The van der Waals surface area contributed by atoms with Gasteiger partial charge in [0.2, 0.25) is 0 Å². The molecule has 0 aliphatic rings. The zero-order valence-electron chi connectivity index (χ0n) is 7.98. The summed E-state index contributed by atoms with van der Waals surface area (Å²) in [6, 6.07) is 4.98. The van der Waals surface area contributed by atoms with Gasteiger partial charge in [-0.25, -0.2) is 0 Å². The molecule has 7 heteroatoms. The summed E-state index contributed by atoms with van der Waals surface area (Å²) in [4.78, 5) is 7.84. The van der Waals surface area contributed by atoms with Crippen molar-refractivity contribution in [2.24, 2.45) is 0 Å². The minimum Gasteiger partial charge on any atom is -0.399 e. The predicted octanol–water partition coefficient (Wildman–Crippen LogP) is 3.25. The summed E-state index contributed by atoms with van der Waals surface area (Å²) in [7, 11) is -2.35.